The molecule has 2 aromatic rings. The van der Waals surface area contributed by atoms with Crippen molar-refractivity contribution in [3.05, 3.63) is 46.8 Å². The molecule has 126 valence electrons. The summed E-state index contributed by atoms with van der Waals surface area (Å²) >= 11 is 1.56. The lowest BCUT2D eigenvalue weighted by atomic mass is 10.00. The summed E-state index contributed by atoms with van der Waals surface area (Å²) in [5.41, 5.74) is 3.13. The number of aromatic nitrogens is 2. The van der Waals surface area contributed by atoms with Gasteiger partial charge in [-0.05, 0) is 48.9 Å². The van der Waals surface area contributed by atoms with Gasteiger partial charge in [-0.1, -0.05) is 11.8 Å². The summed E-state index contributed by atoms with van der Waals surface area (Å²) in [6.07, 6.45) is 5.60. The first-order valence-electron chi connectivity index (χ1n) is 8.18. The van der Waals surface area contributed by atoms with Crippen molar-refractivity contribution < 1.29 is 0 Å². The first-order chi connectivity index (χ1) is 12.1. The molecule has 0 aliphatic heterocycles. The summed E-state index contributed by atoms with van der Waals surface area (Å²) in [6.45, 7) is 2.09. The van der Waals surface area contributed by atoms with Gasteiger partial charge >= 0.3 is 0 Å². The van der Waals surface area contributed by atoms with Gasteiger partial charge in [0.05, 0.1) is 11.1 Å². The molecule has 1 aliphatic rings. The average molecular weight is 349 g/mol. The summed E-state index contributed by atoms with van der Waals surface area (Å²) in [7, 11) is 3.76. The second-order valence-corrected chi connectivity index (χ2v) is 7.67. The summed E-state index contributed by atoms with van der Waals surface area (Å²) in [5, 5.41) is 20.3. The monoisotopic (exact) mass is 349 g/mol. The molecule has 1 fully saturated rings. The number of nitriles is 2. The highest BCUT2D eigenvalue weighted by Crippen LogP contribution is 2.48. The van der Waals surface area contributed by atoms with Crippen LogP contribution in [0.15, 0.2) is 29.6 Å². The number of hydrogen-bond acceptors (Lipinski definition) is 6. The third-order valence-corrected chi connectivity index (χ3v) is 5.42. The molecule has 0 saturated heterocycles. The molecule has 0 bridgehead atoms. The van der Waals surface area contributed by atoms with Crippen molar-refractivity contribution in [2.75, 3.05) is 19.0 Å². The third kappa shape index (κ3) is 3.45. The second kappa shape index (κ2) is 7.13. The minimum Gasteiger partial charge on any atom is -0.362 e. The van der Waals surface area contributed by atoms with Crippen LogP contribution in [-0.4, -0.2) is 24.1 Å². The molecule has 0 aromatic carbocycles. The van der Waals surface area contributed by atoms with Gasteiger partial charge < -0.3 is 4.90 Å². The SMILES string of the molecule is CC(Sc1nc(N(C)C)c(C#N)c(C2CC2)c1C#N)c1ccncc1. The standard InChI is InChI=1S/C19H19N5S/c1-12(13-6-8-22-9-7-13)25-19-16(11-21)17(14-4-5-14)15(10-20)18(23-19)24(2)3/h6-9,12,14H,4-5H2,1-3H3. The molecule has 25 heavy (non-hydrogen) atoms. The third-order valence-electron chi connectivity index (χ3n) is 4.28. The minimum absolute atomic E-state index is 0.137. The van der Waals surface area contributed by atoms with E-state index in [4.69, 9.17) is 0 Å². The van der Waals surface area contributed by atoms with Crippen LogP contribution >= 0.6 is 11.8 Å². The Morgan fingerprint density at radius 2 is 1.80 bits per heavy atom. The van der Waals surface area contributed by atoms with E-state index in [0.29, 0.717) is 27.9 Å². The summed E-state index contributed by atoms with van der Waals surface area (Å²) in [5.74, 6) is 0.953. The Kier molecular flexibility index (Phi) is 4.92. The zero-order chi connectivity index (χ0) is 18.0. The Bertz CT molecular complexity index is 860. The summed E-state index contributed by atoms with van der Waals surface area (Å²) in [6, 6.07) is 8.55. The van der Waals surface area contributed by atoms with Crippen LogP contribution in [0.2, 0.25) is 0 Å². The fraction of sp³-hybridized carbons (Fsp3) is 0.368. The largest absolute Gasteiger partial charge is 0.362 e. The van der Waals surface area contributed by atoms with Crippen molar-refractivity contribution in [3.8, 4) is 12.1 Å². The fourth-order valence-electron chi connectivity index (χ4n) is 2.85. The lowest BCUT2D eigenvalue weighted by molar-refractivity contribution is 0.953. The fourth-order valence-corrected chi connectivity index (χ4v) is 3.89. The quantitative estimate of drug-likeness (QED) is 0.759. The van der Waals surface area contributed by atoms with Gasteiger partial charge in [0, 0.05) is 31.7 Å². The van der Waals surface area contributed by atoms with Crippen LogP contribution in [0.3, 0.4) is 0 Å². The molecule has 0 N–H and O–H groups in total. The Morgan fingerprint density at radius 1 is 1.16 bits per heavy atom. The number of anilines is 1. The van der Waals surface area contributed by atoms with Crippen molar-refractivity contribution in [2.24, 2.45) is 0 Å². The van der Waals surface area contributed by atoms with Gasteiger partial charge in [-0.2, -0.15) is 10.5 Å². The van der Waals surface area contributed by atoms with E-state index in [9.17, 15) is 10.5 Å². The number of rotatable bonds is 5. The zero-order valence-electron chi connectivity index (χ0n) is 14.5. The maximum absolute atomic E-state index is 9.77. The van der Waals surface area contributed by atoms with Gasteiger partial charge in [0.2, 0.25) is 0 Å². The Balaban J connectivity index is 2.10. The van der Waals surface area contributed by atoms with Crippen LogP contribution in [-0.2, 0) is 0 Å². The average Bonchev–Trinajstić information content (AvgIpc) is 3.46. The van der Waals surface area contributed by atoms with Gasteiger partial charge in [0.15, 0.2) is 0 Å². The van der Waals surface area contributed by atoms with Gasteiger partial charge in [0.25, 0.3) is 0 Å². The Labute approximate surface area is 152 Å². The highest BCUT2D eigenvalue weighted by molar-refractivity contribution is 7.99. The lowest BCUT2D eigenvalue weighted by Gasteiger charge is -2.20. The van der Waals surface area contributed by atoms with E-state index >= 15 is 0 Å². The van der Waals surface area contributed by atoms with Gasteiger partial charge in [-0.3, -0.25) is 4.98 Å². The van der Waals surface area contributed by atoms with Crippen molar-refractivity contribution >= 4 is 17.6 Å². The molecule has 2 heterocycles. The molecule has 5 nitrogen and oxygen atoms in total. The van der Waals surface area contributed by atoms with Crippen LogP contribution < -0.4 is 4.90 Å². The molecule has 1 saturated carbocycles. The maximum atomic E-state index is 9.77. The highest BCUT2D eigenvalue weighted by atomic mass is 32.2. The maximum Gasteiger partial charge on any atom is 0.147 e. The predicted octanol–water partition coefficient (Wildman–Crippen LogP) is 4.02. The molecule has 6 heteroatoms. The minimum atomic E-state index is 0.137. The molecule has 3 rings (SSSR count). The number of thioether (sulfide) groups is 1. The molecule has 1 atom stereocenters. The predicted molar refractivity (Wildman–Crippen MR) is 98.5 cm³/mol. The number of nitrogens with zero attached hydrogens (tertiary/aromatic N) is 5. The molecule has 2 aromatic heterocycles. The zero-order valence-corrected chi connectivity index (χ0v) is 15.3. The first-order valence-corrected chi connectivity index (χ1v) is 9.06. The molecular formula is C19H19N5S. The summed E-state index contributed by atoms with van der Waals surface area (Å²) < 4.78 is 0. The second-order valence-electron chi connectivity index (χ2n) is 6.34. The lowest BCUT2D eigenvalue weighted by Crippen LogP contribution is -2.15. The highest BCUT2D eigenvalue weighted by Gasteiger charge is 2.33. The van der Waals surface area contributed by atoms with E-state index in [2.05, 4.69) is 29.0 Å². The van der Waals surface area contributed by atoms with Crippen LogP contribution in [0.1, 0.15) is 53.2 Å². The van der Waals surface area contributed by atoms with E-state index in [-0.39, 0.29) is 5.25 Å². The van der Waals surface area contributed by atoms with E-state index < -0.39 is 0 Å². The van der Waals surface area contributed by atoms with Crippen molar-refractivity contribution in [2.45, 2.75) is 36.0 Å². The molecule has 0 radical (unpaired) electrons. The molecule has 0 amide bonds. The molecule has 0 spiro atoms. The van der Waals surface area contributed by atoms with Crippen LogP contribution in [0.5, 0.6) is 0 Å². The van der Waals surface area contributed by atoms with Gasteiger partial charge in [0.1, 0.15) is 23.0 Å². The van der Waals surface area contributed by atoms with Crippen molar-refractivity contribution in [3.63, 3.8) is 0 Å². The molecular weight excluding hydrogens is 330 g/mol. The van der Waals surface area contributed by atoms with Crippen LogP contribution in [0.4, 0.5) is 5.82 Å². The Morgan fingerprint density at radius 3 is 2.32 bits per heavy atom. The number of pyridine rings is 2. The first kappa shape index (κ1) is 17.3. The molecule has 1 aliphatic carbocycles. The van der Waals surface area contributed by atoms with E-state index in [1.54, 1.807) is 24.2 Å². The number of hydrogen-bond donors (Lipinski definition) is 0. The smallest absolute Gasteiger partial charge is 0.147 e. The normalized spacial score (nSPS) is 14.4. The Hall–Kier alpha value is -2.57. The van der Waals surface area contributed by atoms with Crippen LogP contribution in [0, 0.1) is 22.7 Å². The van der Waals surface area contributed by atoms with Crippen LogP contribution in [0.25, 0.3) is 0 Å². The molecule has 1 unspecified atom stereocenters. The van der Waals surface area contributed by atoms with Crippen molar-refractivity contribution in [1.29, 1.82) is 10.5 Å². The van der Waals surface area contributed by atoms with Crippen molar-refractivity contribution in [1.82, 2.24) is 9.97 Å². The topological polar surface area (TPSA) is 76.6 Å². The van der Waals surface area contributed by atoms with E-state index in [1.165, 1.54) is 0 Å². The van der Waals surface area contributed by atoms with E-state index in [1.807, 2.05) is 31.1 Å². The van der Waals surface area contributed by atoms with E-state index in [0.717, 1.165) is 24.0 Å². The summed E-state index contributed by atoms with van der Waals surface area (Å²) in [4.78, 5) is 10.6. The van der Waals surface area contributed by atoms with Gasteiger partial charge in [-0.15, -0.1) is 0 Å². The van der Waals surface area contributed by atoms with Gasteiger partial charge in [-0.25, -0.2) is 4.98 Å².